The van der Waals surface area contributed by atoms with Gasteiger partial charge in [-0.2, -0.15) is 4.73 Å². The molecular formula is C15H14ClN3O. The van der Waals surface area contributed by atoms with Gasteiger partial charge in [0.15, 0.2) is 0 Å². The van der Waals surface area contributed by atoms with Crippen LogP contribution in [0.3, 0.4) is 0 Å². The molecule has 0 bridgehead atoms. The lowest BCUT2D eigenvalue weighted by Crippen LogP contribution is -2.15. The van der Waals surface area contributed by atoms with Crippen molar-refractivity contribution in [2.24, 2.45) is 0 Å². The van der Waals surface area contributed by atoms with E-state index in [1.807, 2.05) is 37.3 Å². The van der Waals surface area contributed by atoms with E-state index in [1.54, 1.807) is 17.0 Å². The van der Waals surface area contributed by atoms with Gasteiger partial charge in [0, 0.05) is 12.6 Å². The fourth-order valence-electron chi connectivity index (χ4n) is 2.10. The maximum atomic E-state index is 5.82. The minimum atomic E-state index is 0.506. The number of halogens is 1. The molecule has 4 nitrogen and oxygen atoms in total. The van der Waals surface area contributed by atoms with Crippen LogP contribution in [0.2, 0.25) is 5.15 Å². The highest BCUT2D eigenvalue weighted by atomic mass is 35.5. The van der Waals surface area contributed by atoms with Crippen LogP contribution in [0.4, 0.5) is 0 Å². The first-order chi connectivity index (χ1) is 9.74. The Morgan fingerprint density at radius 3 is 2.85 bits per heavy atom. The molecule has 20 heavy (non-hydrogen) atoms. The van der Waals surface area contributed by atoms with Gasteiger partial charge in [-0.25, -0.2) is 9.97 Å². The van der Waals surface area contributed by atoms with Gasteiger partial charge < -0.3 is 4.84 Å². The van der Waals surface area contributed by atoms with Crippen LogP contribution in [0.5, 0.6) is 0 Å². The molecule has 0 aliphatic rings. The fraction of sp³-hybridized carbons (Fsp3) is 0.200. The van der Waals surface area contributed by atoms with Gasteiger partial charge in [-0.3, -0.25) is 0 Å². The van der Waals surface area contributed by atoms with Crippen molar-refractivity contribution in [2.45, 2.75) is 13.3 Å². The summed E-state index contributed by atoms with van der Waals surface area (Å²) < 4.78 is 1.78. The molecule has 0 saturated carbocycles. The van der Waals surface area contributed by atoms with Crippen LogP contribution in [0, 0.1) is 6.92 Å². The average molecular weight is 288 g/mol. The van der Waals surface area contributed by atoms with Crippen molar-refractivity contribution in [2.75, 3.05) is 6.61 Å². The summed E-state index contributed by atoms with van der Waals surface area (Å²) in [7, 11) is 0. The predicted octanol–water partition coefficient (Wildman–Crippen LogP) is 3.06. The molecular weight excluding hydrogens is 274 g/mol. The molecule has 3 rings (SSSR count). The van der Waals surface area contributed by atoms with E-state index in [4.69, 9.17) is 16.4 Å². The third-order valence-corrected chi connectivity index (χ3v) is 3.30. The standard InChI is InChI=1S/C15H14ClN3O/c1-11-18-13-4-2-3-5-14(13)19(11)20-9-8-12-6-7-15(16)17-10-12/h2-7,10H,8-9H2,1H3. The Balaban J connectivity index is 1.71. The Labute approximate surface area is 121 Å². The third-order valence-electron chi connectivity index (χ3n) is 3.08. The van der Waals surface area contributed by atoms with Crippen molar-refractivity contribution < 1.29 is 4.84 Å². The second-order valence-electron chi connectivity index (χ2n) is 4.51. The first kappa shape index (κ1) is 12.9. The maximum Gasteiger partial charge on any atom is 0.143 e. The van der Waals surface area contributed by atoms with Crippen molar-refractivity contribution in [3.8, 4) is 0 Å². The van der Waals surface area contributed by atoms with Crippen molar-refractivity contribution in [3.05, 3.63) is 59.1 Å². The van der Waals surface area contributed by atoms with Crippen molar-refractivity contribution in [3.63, 3.8) is 0 Å². The molecule has 0 amide bonds. The van der Waals surface area contributed by atoms with Crippen molar-refractivity contribution in [1.82, 2.24) is 14.7 Å². The molecule has 0 saturated heterocycles. The number of pyridine rings is 1. The van der Waals surface area contributed by atoms with E-state index < -0.39 is 0 Å². The zero-order valence-corrected chi connectivity index (χ0v) is 11.8. The summed E-state index contributed by atoms with van der Waals surface area (Å²) in [5, 5.41) is 0.506. The number of benzene rings is 1. The number of hydrogen-bond acceptors (Lipinski definition) is 3. The SMILES string of the molecule is Cc1nc2ccccc2n1OCCc1ccc(Cl)nc1. The summed E-state index contributed by atoms with van der Waals surface area (Å²) in [6.07, 6.45) is 2.54. The molecule has 0 aliphatic heterocycles. The molecule has 2 heterocycles. The monoisotopic (exact) mass is 287 g/mol. The van der Waals surface area contributed by atoms with Gasteiger partial charge in [0.25, 0.3) is 0 Å². The highest BCUT2D eigenvalue weighted by Gasteiger charge is 2.07. The number of fused-ring (bicyclic) bond motifs is 1. The largest absolute Gasteiger partial charge is 0.412 e. The van der Waals surface area contributed by atoms with Gasteiger partial charge in [-0.05, 0) is 30.7 Å². The van der Waals surface area contributed by atoms with Crippen LogP contribution in [-0.2, 0) is 6.42 Å². The quantitative estimate of drug-likeness (QED) is 0.692. The molecule has 0 N–H and O–H groups in total. The lowest BCUT2D eigenvalue weighted by atomic mass is 10.2. The molecule has 3 aromatic rings. The normalized spacial score (nSPS) is 10.9. The molecule has 0 fully saturated rings. The summed E-state index contributed by atoms with van der Waals surface area (Å²) in [4.78, 5) is 14.3. The molecule has 2 aromatic heterocycles. The number of aromatic nitrogens is 3. The summed E-state index contributed by atoms with van der Waals surface area (Å²) in [6.45, 7) is 2.49. The zero-order valence-electron chi connectivity index (χ0n) is 11.1. The van der Waals surface area contributed by atoms with Gasteiger partial charge in [0.2, 0.25) is 0 Å². The molecule has 102 valence electrons. The summed E-state index contributed by atoms with van der Waals surface area (Å²) in [6, 6.07) is 11.7. The fourth-order valence-corrected chi connectivity index (χ4v) is 2.21. The lowest BCUT2D eigenvalue weighted by molar-refractivity contribution is 0.117. The first-order valence-corrected chi connectivity index (χ1v) is 6.79. The zero-order chi connectivity index (χ0) is 13.9. The molecule has 0 aliphatic carbocycles. The third kappa shape index (κ3) is 2.60. The van der Waals surface area contributed by atoms with E-state index in [2.05, 4.69) is 9.97 Å². The minimum absolute atomic E-state index is 0.506. The summed E-state index contributed by atoms with van der Waals surface area (Å²) in [5.74, 6) is 0.848. The van der Waals surface area contributed by atoms with E-state index in [0.29, 0.717) is 11.8 Å². The van der Waals surface area contributed by atoms with Gasteiger partial charge >= 0.3 is 0 Å². The number of para-hydroxylation sites is 2. The van der Waals surface area contributed by atoms with E-state index in [1.165, 1.54) is 0 Å². The maximum absolute atomic E-state index is 5.82. The van der Waals surface area contributed by atoms with Gasteiger partial charge in [-0.15, -0.1) is 0 Å². The Morgan fingerprint density at radius 1 is 1.20 bits per heavy atom. The van der Waals surface area contributed by atoms with Crippen LogP contribution in [0.25, 0.3) is 11.0 Å². The Bertz CT molecular complexity index is 722. The number of aryl methyl sites for hydroxylation is 1. The van der Waals surface area contributed by atoms with Crippen LogP contribution in [0.15, 0.2) is 42.6 Å². The second-order valence-corrected chi connectivity index (χ2v) is 4.90. The van der Waals surface area contributed by atoms with Crippen molar-refractivity contribution in [1.29, 1.82) is 0 Å². The van der Waals surface area contributed by atoms with E-state index in [0.717, 1.165) is 28.8 Å². The smallest absolute Gasteiger partial charge is 0.143 e. The van der Waals surface area contributed by atoms with E-state index >= 15 is 0 Å². The molecule has 5 heteroatoms. The minimum Gasteiger partial charge on any atom is -0.412 e. The Hall–Kier alpha value is -2.07. The van der Waals surface area contributed by atoms with Crippen LogP contribution in [-0.4, -0.2) is 21.3 Å². The Morgan fingerprint density at radius 2 is 2.05 bits per heavy atom. The van der Waals surface area contributed by atoms with Crippen LogP contribution >= 0.6 is 11.6 Å². The highest BCUT2D eigenvalue weighted by Crippen LogP contribution is 2.14. The first-order valence-electron chi connectivity index (χ1n) is 6.42. The summed E-state index contributed by atoms with van der Waals surface area (Å²) in [5.41, 5.74) is 3.02. The van der Waals surface area contributed by atoms with Crippen LogP contribution < -0.4 is 4.84 Å². The Kier molecular flexibility index (Phi) is 3.56. The molecule has 0 unspecified atom stereocenters. The topological polar surface area (TPSA) is 39.9 Å². The summed E-state index contributed by atoms with van der Waals surface area (Å²) >= 11 is 5.76. The lowest BCUT2D eigenvalue weighted by Gasteiger charge is -2.09. The molecule has 0 atom stereocenters. The van der Waals surface area contributed by atoms with Gasteiger partial charge in [0.1, 0.15) is 23.1 Å². The van der Waals surface area contributed by atoms with E-state index in [9.17, 15) is 0 Å². The number of rotatable bonds is 4. The second kappa shape index (κ2) is 5.51. The molecule has 0 spiro atoms. The molecule has 1 aromatic carbocycles. The van der Waals surface area contributed by atoms with Gasteiger partial charge in [-0.1, -0.05) is 29.8 Å². The number of nitrogens with zero attached hydrogens (tertiary/aromatic N) is 3. The van der Waals surface area contributed by atoms with Crippen LogP contribution in [0.1, 0.15) is 11.4 Å². The molecule has 0 radical (unpaired) electrons. The highest BCUT2D eigenvalue weighted by molar-refractivity contribution is 6.29. The predicted molar refractivity (Wildman–Crippen MR) is 78.9 cm³/mol. The van der Waals surface area contributed by atoms with Gasteiger partial charge in [0.05, 0.1) is 5.52 Å². The average Bonchev–Trinajstić information content (AvgIpc) is 2.77. The number of imidazole rings is 1. The number of hydrogen-bond donors (Lipinski definition) is 0. The van der Waals surface area contributed by atoms with E-state index in [-0.39, 0.29) is 0 Å². The van der Waals surface area contributed by atoms with Crippen molar-refractivity contribution >= 4 is 22.6 Å².